The second-order valence-corrected chi connectivity index (χ2v) is 11.5. The van der Waals surface area contributed by atoms with Crippen LogP contribution in [0, 0.1) is 0 Å². The minimum Gasteiger partial charge on any atom is -0.390 e. The largest absolute Gasteiger partial charge is 0.390 e. The van der Waals surface area contributed by atoms with Gasteiger partial charge >= 0.3 is 0 Å². The van der Waals surface area contributed by atoms with E-state index in [1.54, 1.807) is 24.8 Å². The average molecular weight is 597 g/mol. The number of pyridine rings is 4. The minimum absolute atomic E-state index is 0.494. The molecular weight excluding hydrogens is 552 g/mol. The van der Waals surface area contributed by atoms with E-state index in [0.29, 0.717) is 52.4 Å². The third-order valence-corrected chi connectivity index (χ3v) is 7.79. The molecule has 1 aliphatic rings. The molecule has 1 saturated heterocycles. The molecule has 0 saturated carbocycles. The van der Waals surface area contributed by atoms with Gasteiger partial charge in [-0.2, -0.15) is 0 Å². The Bertz CT molecular complexity index is 1140. The molecular formula is C34H44N8O2. The molecule has 0 spiro atoms. The van der Waals surface area contributed by atoms with E-state index in [1.807, 2.05) is 72.8 Å². The van der Waals surface area contributed by atoms with E-state index < -0.39 is 12.2 Å². The van der Waals surface area contributed by atoms with Crippen LogP contribution in [-0.2, 0) is 26.2 Å². The van der Waals surface area contributed by atoms with Crippen molar-refractivity contribution in [3.8, 4) is 0 Å². The first kappa shape index (κ1) is 31.8. The number of nitrogens with zero attached hydrogens (tertiary/aromatic N) is 8. The second kappa shape index (κ2) is 17.0. The molecule has 44 heavy (non-hydrogen) atoms. The van der Waals surface area contributed by atoms with E-state index in [0.717, 1.165) is 49.0 Å². The monoisotopic (exact) mass is 596 g/mol. The highest BCUT2D eigenvalue weighted by atomic mass is 16.3. The van der Waals surface area contributed by atoms with Crippen LogP contribution >= 0.6 is 0 Å². The van der Waals surface area contributed by atoms with Gasteiger partial charge in [0.25, 0.3) is 0 Å². The van der Waals surface area contributed by atoms with Crippen molar-refractivity contribution in [3.63, 3.8) is 0 Å². The summed E-state index contributed by atoms with van der Waals surface area (Å²) >= 11 is 0. The molecule has 4 aromatic heterocycles. The first-order valence-electron chi connectivity index (χ1n) is 15.4. The molecule has 0 aliphatic carbocycles. The van der Waals surface area contributed by atoms with Crippen LogP contribution < -0.4 is 0 Å². The van der Waals surface area contributed by atoms with Crippen LogP contribution in [0.2, 0.25) is 0 Å². The first-order chi connectivity index (χ1) is 21.6. The van der Waals surface area contributed by atoms with Crippen molar-refractivity contribution in [1.29, 1.82) is 0 Å². The molecule has 10 heteroatoms. The number of hydrogen-bond donors (Lipinski definition) is 2. The fourth-order valence-electron chi connectivity index (χ4n) is 5.72. The van der Waals surface area contributed by atoms with Crippen molar-refractivity contribution in [2.45, 2.75) is 38.4 Å². The summed E-state index contributed by atoms with van der Waals surface area (Å²) < 4.78 is 0. The summed E-state index contributed by atoms with van der Waals surface area (Å²) in [6, 6.07) is 23.7. The smallest absolute Gasteiger partial charge is 0.0794 e. The number of β-amino-alcohol motifs (C(OH)–C–C–N with tert-alkyl or cyclic N) is 2. The van der Waals surface area contributed by atoms with Crippen molar-refractivity contribution in [2.75, 3.05) is 52.4 Å². The van der Waals surface area contributed by atoms with Crippen LogP contribution in [0.15, 0.2) is 97.6 Å². The Morgan fingerprint density at radius 1 is 0.500 bits per heavy atom. The quantitative estimate of drug-likeness (QED) is 0.200. The second-order valence-electron chi connectivity index (χ2n) is 11.5. The highest BCUT2D eigenvalue weighted by Crippen LogP contribution is 2.12. The maximum absolute atomic E-state index is 11.1. The lowest BCUT2D eigenvalue weighted by atomic mass is 10.2. The van der Waals surface area contributed by atoms with Crippen LogP contribution in [0.5, 0.6) is 0 Å². The number of hydrogen-bond acceptors (Lipinski definition) is 10. The normalized spacial score (nSPS) is 15.9. The average Bonchev–Trinajstić information content (AvgIpc) is 3.04. The lowest BCUT2D eigenvalue weighted by molar-refractivity contribution is 0.0248. The molecule has 5 heterocycles. The fraction of sp³-hybridized carbons (Fsp3) is 0.412. The van der Waals surface area contributed by atoms with E-state index >= 15 is 0 Å². The van der Waals surface area contributed by atoms with Crippen LogP contribution in [-0.4, -0.2) is 114 Å². The first-order valence-corrected chi connectivity index (χ1v) is 15.4. The summed E-state index contributed by atoms with van der Waals surface area (Å²) in [5.74, 6) is 0. The molecule has 4 aromatic rings. The molecule has 1 fully saturated rings. The Hall–Kier alpha value is -3.64. The fourth-order valence-corrected chi connectivity index (χ4v) is 5.72. The van der Waals surface area contributed by atoms with Crippen molar-refractivity contribution in [1.82, 2.24) is 39.5 Å². The Morgan fingerprint density at radius 2 is 0.795 bits per heavy atom. The van der Waals surface area contributed by atoms with E-state index in [2.05, 4.69) is 39.5 Å². The standard InChI is InChI=1S/C34H44N8O2/c43-33(27-41(21-29-9-1-5-13-35-29)22-30-10-2-6-14-36-30)25-39-17-19-40(20-18-39)26-34(44)28-42(23-31-11-3-7-15-37-31)24-32-12-4-8-16-38-32/h1-16,33-34,43-44H,17-28H2. The Labute approximate surface area is 260 Å². The molecule has 1 aliphatic heterocycles. The van der Waals surface area contributed by atoms with Gasteiger partial charge < -0.3 is 10.2 Å². The Balaban J connectivity index is 1.08. The molecule has 0 aromatic carbocycles. The summed E-state index contributed by atoms with van der Waals surface area (Å²) in [5.41, 5.74) is 3.89. The van der Waals surface area contributed by atoms with Gasteiger partial charge in [-0.15, -0.1) is 0 Å². The minimum atomic E-state index is -0.494. The molecule has 0 radical (unpaired) electrons. The Morgan fingerprint density at radius 3 is 1.05 bits per heavy atom. The number of rotatable bonds is 16. The topological polar surface area (TPSA) is 105 Å². The summed E-state index contributed by atoms with van der Waals surface area (Å²) in [4.78, 5) is 27.0. The van der Waals surface area contributed by atoms with Gasteiger partial charge in [0.15, 0.2) is 0 Å². The summed E-state index contributed by atoms with van der Waals surface area (Å²) in [6.07, 6.45) is 6.23. The van der Waals surface area contributed by atoms with Crippen molar-refractivity contribution in [3.05, 3.63) is 120 Å². The van der Waals surface area contributed by atoms with E-state index in [1.165, 1.54) is 0 Å². The van der Waals surface area contributed by atoms with Gasteiger partial charge in [0.1, 0.15) is 0 Å². The number of aliphatic hydroxyl groups excluding tert-OH is 2. The van der Waals surface area contributed by atoms with Crippen molar-refractivity contribution in [2.24, 2.45) is 0 Å². The third-order valence-electron chi connectivity index (χ3n) is 7.79. The lowest BCUT2D eigenvalue weighted by Crippen LogP contribution is -2.52. The summed E-state index contributed by atoms with van der Waals surface area (Å²) in [7, 11) is 0. The van der Waals surface area contributed by atoms with Gasteiger partial charge in [-0.05, 0) is 48.5 Å². The maximum atomic E-state index is 11.1. The zero-order valence-corrected chi connectivity index (χ0v) is 25.3. The van der Waals surface area contributed by atoms with Gasteiger partial charge in [0, 0.05) is 103 Å². The molecule has 5 rings (SSSR count). The van der Waals surface area contributed by atoms with E-state index in [9.17, 15) is 10.2 Å². The van der Waals surface area contributed by atoms with Gasteiger partial charge in [0.05, 0.1) is 35.0 Å². The van der Waals surface area contributed by atoms with Gasteiger partial charge in [-0.1, -0.05) is 24.3 Å². The zero-order valence-electron chi connectivity index (χ0n) is 25.3. The van der Waals surface area contributed by atoms with Crippen LogP contribution in [0.3, 0.4) is 0 Å². The van der Waals surface area contributed by atoms with E-state index in [-0.39, 0.29) is 0 Å². The predicted octanol–water partition coefficient (Wildman–Crippen LogP) is 2.31. The SMILES string of the molecule is OC(CN1CCN(CC(O)CN(Cc2ccccn2)Cc2ccccn2)CC1)CN(Cc1ccccn1)Cc1ccccn1. The third kappa shape index (κ3) is 10.8. The van der Waals surface area contributed by atoms with E-state index in [4.69, 9.17) is 0 Å². The Kier molecular flexibility index (Phi) is 12.3. The summed E-state index contributed by atoms with van der Waals surface area (Å²) in [6.45, 7) is 8.32. The zero-order chi connectivity index (χ0) is 30.4. The molecule has 2 unspecified atom stereocenters. The number of aromatic nitrogens is 4. The van der Waals surface area contributed by atoms with Gasteiger partial charge in [0.2, 0.25) is 0 Å². The predicted molar refractivity (Wildman–Crippen MR) is 170 cm³/mol. The molecule has 0 bridgehead atoms. The number of aliphatic hydroxyl groups is 2. The highest BCUT2D eigenvalue weighted by molar-refractivity contribution is 5.08. The molecule has 0 amide bonds. The van der Waals surface area contributed by atoms with Crippen molar-refractivity contribution >= 4 is 0 Å². The molecule has 10 nitrogen and oxygen atoms in total. The highest BCUT2D eigenvalue weighted by Gasteiger charge is 2.23. The molecule has 2 atom stereocenters. The number of piperazine rings is 1. The van der Waals surface area contributed by atoms with Crippen LogP contribution in [0.4, 0.5) is 0 Å². The summed E-state index contributed by atoms with van der Waals surface area (Å²) in [5, 5.41) is 22.2. The maximum Gasteiger partial charge on any atom is 0.0794 e. The molecule has 2 N–H and O–H groups in total. The van der Waals surface area contributed by atoms with Crippen LogP contribution in [0.25, 0.3) is 0 Å². The lowest BCUT2D eigenvalue weighted by Gasteiger charge is -2.37. The van der Waals surface area contributed by atoms with Gasteiger partial charge in [-0.3, -0.25) is 39.5 Å². The van der Waals surface area contributed by atoms with Crippen LogP contribution in [0.1, 0.15) is 22.8 Å². The van der Waals surface area contributed by atoms with Crippen molar-refractivity contribution < 1.29 is 10.2 Å². The van der Waals surface area contributed by atoms with Gasteiger partial charge in [-0.25, -0.2) is 0 Å². The molecule has 232 valence electrons.